The molecule has 0 aromatic rings. The predicted octanol–water partition coefficient (Wildman–Crippen LogP) is 3.40. The summed E-state index contributed by atoms with van der Waals surface area (Å²) in [7, 11) is 0. The molecule has 2 fully saturated rings. The van der Waals surface area contributed by atoms with Crippen LogP contribution in [0.2, 0.25) is 0 Å². The lowest BCUT2D eigenvalue weighted by Gasteiger charge is -2.39. The Morgan fingerprint density at radius 3 is 2.21 bits per heavy atom. The van der Waals surface area contributed by atoms with Crippen LogP contribution in [-0.4, -0.2) is 16.7 Å². The van der Waals surface area contributed by atoms with E-state index in [2.05, 4.69) is 37.8 Å². The highest BCUT2D eigenvalue weighted by Crippen LogP contribution is 2.46. The first-order chi connectivity index (χ1) is 6.52. The Morgan fingerprint density at radius 1 is 1.07 bits per heavy atom. The summed E-state index contributed by atoms with van der Waals surface area (Å²) in [5, 5.41) is 4.51. The quantitative estimate of drug-likeness (QED) is 0.716. The molecule has 1 heterocycles. The van der Waals surface area contributed by atoms with Crippen LogP contribution in [0.3, 0.4) is 0 Å². The molecule has 14 heavy (non-hydrogen) atoms. The Kier molecular flexibility index (Phi) is 2.87. The SMILES string of the molecule is CC1(C)CSC(C2(C)CCCCC2)N1. The van der Waals surface area contributed by atoms with Crippen LogP contribution in [-0.2, 0) is 0 Å². The van der Waals surface area contributed by atoms with Crippen molar-refractivity contribution in [3.8, 4) is 0 Å². The molecule has 2 heteroatoms. The first-order valence-corrected chi connectivity index (χ1v) is 6.96. The lowest BCUT2D eigenvalue weighted by molar-refractivity contribution is 0.180. The number of rotatable bonds is 1. The van der Waals surface area contributed by atoms with Gasteiger partial charge in [-0.3, -0.25) is 5.32 Å². The van der Waals surface area contributed by atoms with Crippen molar-refractivity contribution in [2.45, 2.75) is 63.8 Å². The third-order valence-electron chi connectivity index (χ3n) is 3.76. The van der Waals surface area contributed by atoms with Crippen molar-refractivity contribution in [1.29, 1.82) is 0 Å². The number of thioether (sulfide) groups is 1. The maximum Gasteiger partial charge on any atom is 0.0591 e. The monoisotopic (exact) mass is 213 g/mol. The first-order valence-electron chi connectivity index (χ1n) is 5.91. The maximum atomic E-state index is 3.80. The summed E-state index contributed by atoms with van der Waals surface area (Å²) in [6.07, 6.45) is 7.18. The third-order valence-corrected chi connectivity index (χ3v) is 5.67. The smallest absolute Gasteiger partial charge is 0.0591 e. The van der Waals surface area contributed by atoms with Crippen molar-refractivity contribution >= 4 is 11.8 Å². The van der Waals surface area contributed by atoms with Gasteiger partial charge >= 0.3 is 0 Å². The average Bonchev–Trinajstić information content (AvgIpc) is 2.48. The molecule has 1 atom stereocenters. The summed E-state index contributed by atoms with van der Waals surface area (Å²) in [6, 6.07) is 0. The minimum absolute atomic E-state index is 0.357. The minimum atomic E-state index is 0.357. The van der Waals surface area contributed by atoms with E-state index >= 15 is 0 Å². The van der Waals surface area contributed by atoms with Gasteiger partial charge in [0.05, 0.1) is 5.37 Å². The standard InChI is InChI=1S/C12H23NS/c1-11(2)9-14-10(13-11)12(3)7-5-4-6-8-12/h10,13H,4-9H2,1-3H3. The van der Waals surface area contributed by atoms with E-state index in [0.29, 0.717) is 16.3 Å². The zero-order chi connectivity index (χ0) is 10.2. The van der Waals surface area contributed by atoms with Crippen molar-refractivity contribution in [1.82, 2.24) is 5.32 Å². The number of nitrogens with one attached hydrogen (secondary N) is 1. The van der Waals surface area contributed by atoms with Gasteiger partial charge in [-0.05, 0) is 32.1 Å². The average molecular weight is 213 g/mol. The molecule has 1 N–H and O–H groups in total. The van der Waals surface area contributed by atoms with Gasteiger partial charge in [0, 0.05) is 11.3 Å². The second-order valence-corrected chi connectivity index (χ2v) is 7.03. The van der Waals surface area contributed by atoms with E-state index in [4.69, 9.17) is 0 Å². The Labute approximate surface area is 92.4 Å². The van der Waals surface area contributed by atoms with E-state index in [0.717, 1.165) is 0 Å². The Balaban J connectivity index is 2.00. The molecule has 0 aromatic heterocycles. The van der Waals surface area contributed by atoms with Crippen molar-refractivity contribution in [2.75, 3.05) is 5.75 Å². The van der Waals surface area contributed by atoms with Crippen molar-refractivity contribution in [3.05, 3.63) is 0 Å². The zero-order valence-electron chi connectivity index (χ0n) is 9.73. The molecule has 1 saturated carbocycles. The largest absolute Gasteiger partial charge is 0.299 e. The number of hydrogen-bond donors (Lipinski definition) is 1. The highest BCUT2D eigenvalue weighted by atomic mass is 32.2. The fourth-order valence-corrected chi connectivity index (χ4v) is 4.43. The van der Waals surface area contributed by atoms with Crippen molar-refractivity contribution < 1.29 is 0 Å². The molecule has 1 saturated heterocycles. The fourth-order valence-electron chi connectivity index (χ4n) is 2.73. The number of hydrogen-bond acceptors (Lipinski definition) is 2. The molecule has 1 aliphatic carbocycles. The van der Waals surface area contributed by atoms with Gasteiger partial charge in [0.15, 0.2) is 0 Å². The molecule has 1 aliphatic heterocycles. The summed E-state index contributed by atoms with van der Waals surface area (Å²) in [5.74, 6) is 1.27. The summed E-state index contributed by atoms with van der Waals surface area (Å²) in [6.45, 7) is 7.14. The Bertz CT molecular complexity index is 206. The molecule has 2 aliphatic rings. The van der Waals surface area contributed by atoms with E-state index in [1.165, 1.54) is 37.9 Å². The lowest BCUT2D eigenvalue weighted by atomic mass is 9.75. The Hall–Kier alpha value is 0.310. The molecule has 0 radical (unpaired) electrons. The van der Waals surface area contributed by atoms with E-state index in [1.54, 1.807) is 0 Å². The summed E-state index contributed by atoms with van der Waals surface area (Å²) < 4.78 is 0. The topological polar surface area (TPSA) is 12.0 Å². The van der Waals surface area contributed by atoms with Crippen LogP contribution in [0.4, 0.5) is 0 Å². The van der Waals surface area contributed by atoms with Gasteiger partial charge in [0.2, 0.25) is 0 Å². The Morgan fingerprint density at radius 2 is 1.71 bits per heavy atom. The molecule has 2 rings (SSSR count). The highest BCUT2D eigenvalue weighted by Gasteiger charge is 2.42. The summed E-state index contributed by atoms with van der Waals surface area (Å²) in [5.41, 5.74) is 0.923. The molecular weight excluding hydrogens is 190 g/mol. The molecule has 0 aromatic carbocycles. The normalized spacial score (nSPS) is 35.8. The van der Waals surface area contributed by atoms with Crippen molar-refractivity contribution in [2.24, 2.45) is 5.41 Å². The van der Waals surface area contributed by atoms with Gasteiger partial charge < -0.3 is 0 Å². The zero-order valence-corrected chi connectivity index (χ0v) is 10.5. The lowest BCUT2D eigenvalue weighted by Crippen LogP contribution is -2.46. The van der Waals surface area contributed by atoms with E-state index in [1.807, 2.05) is 0 Å². The van der Waals surface area contributed by atoms with Crippen LogP contribution in [0.25, 0.3) is 0 Å². The molecular formula is C12H23NS. The van der Waals surface area contributed by atoms with Gasteiger partial charge in [-0.15, -0.1) is 11.8 Å². The van der Waals surface area contributed by atoms with Crippen LogP contribution < -0.4 is 5.32 Å². The predicted molar refractivity (Wildman–Crippen MR) is 64.7 cm³/mol. The van der Waals surface area contributed by atoms with Gasteiger partial charge in [0.1, 0.15) is 0 Å². The van der Waals surface area contributed by atoms with Crippen LogP contribution >= 0.6 is 11.8 Å². The summed E-state index contributed by atoms with van der Waals surface area (Å²) in [4.78, 5) is 0. The second kappa shape index (κ2) is 3.71. The van der Waals surface area contributed by atoms with E-state index in [9.17, 15) is 0 Å². The highest BCUT2D eigenvalue weighted by molar-refractivity contribution is 8.00. The van der Waals surface area contributed by atoms with Crippen LogP contribution in [0.1, 0.15) is 52.9 Å². The molecule has 1 unspecified atom stereocenters. The molecule has 82 valence electrons. The van der Waals surface area contributed by atoms with Gasteiger partial charge in [-0.25, -0.2) is 0 Å². The van der Waals surface area contributed by atoms with Gasteiger partial charge in [0.25, 0.3) is 0 Å². The molecule has 0 amide bonds. The van der Waals surface area contributed by atoms with Gasteiger partial charge in [-0.1, -0.05) is 26.2 Å². The van der Waals surface area contributed by atoms with Gasteiger partial charge in [-0.2, -0.15) is 0 Å². The molecule has 0 spiro atoms. The summed E-state index contributed by atoms with van der Waals surface area (Å²) >= 11 is 2.14. The second-order valence-electron chi connectivity index (χ2n) is 5.93. The fraction of sp³-hybridized carbons (Fsp3) is 1.00. The van der Waals surface area contributed by atoms with Crippen LogP contribution in [0.5, 0.6) is 0 Å². The minimum Gasteiger partial charge on any atom is -0.299 e. The van der Waals surface area contributed by atoms with Crippen LogP contribution in [0, 0.1) is 5.41 Å². The van der Waals surface area contributed by atoms with Crippen LogP contribution in [0.15, 0.2) is 0 Å². The molecule has 1 nitrogen and oxygen atoms in total. The maximum absolute atomic E-state index is 3.80. The van der Waals surface area contributed by atoms with E-state index in [-0.39, 0.29) is 0 Å². The molecule has 0 bridgehead atoms. The van der Waals surface area contributed by atoms with E-state index < -0.39 is 0 Å². The third kappa shape index (κ3) is 2.11. The van der Waals surface area contributed by atoms with Crippen molar-refractivity contribution in [3.63, 3.8) is 0 Å². The first kappa shape index (κ1) is 10.8.